The predicted octanol–water partition coefficient (Wildman–Crippen LogP) is 2.42. The number of nitrogens with zero attached hydrogens (tertiary/aromatic N) is 1. The normalized spacial score (nSPS) is 9.92. The van der Waals surface area contributed by atoms with Crippen LogP contribution in [0.4, 0.5) is 0 Å². The Balaban J connectivity index is 2.88. The molecule has 1 rings (SSSR count). The van der Waals surface area contributed by atoms with Gasteiger partial charge in [-0.05, 0) is 0 Å². The number of hydrogen-bond donors (Lipinski definition) is 0. The molecule has 0 saturated carbocycles. The van der Waals surface area contributed by atoms with Crippen LogP contribution >= 0.6 is 0 Å². The first-order valence-corrected chi connectivity index (χ1v) is 3.92. The molecule has 0 spiro atoms. The van der Waals surface area contributed by atoms with Crippen LogP contribution in [0.5, 0.6) is 0 Å². The molecule has 0 aliphatic rings. The van der Waals surface area contributed by atoms with Crippen LogP contribution in [0.1, 0.15) is 12.0 Å². The lowest BCUT2D eigenvalue weighted by Crippen LogP contribution is -2.10. The number of rotatable bonds is 4. The third-order valence-corrected chi connectivity index (χ3v) is 1.67. The van der Waals surface area contributed by atoms with E-state index in [4.69, 9.17) is 0 Å². The van der Waals surface area contributed by atoms with E-state index < -0.39 is 0 Å². The molecule has 0 bridgehead atoms. The van der Waals surface area contributed by atoms with Crippen LogP contribution in [0.25, 0.3) is 0 Å². The van der Waals surface area contributed by atoms with E-state index in [9.17, 15) is 10.1 Å². The van der Waals surface area contributed by atoms with Crippen molar-refractivity contribution in [1.29, 1.82) is 0 Å². The van der Waals surface area contributed by atoms with Gasteiger partial charge in [-0.25, -0.2) is 0 Å². The first-order valence-electron chi connectivity index (χ1n) is 3.92. The van der Waals surface area contributed by atoms with Crippen molar-refractivity contribution >= 4 is 0 Å². The highest BCUT2D eigenvalue weighted by atomic mass is 16.6. The maximum absolute atomic E-state index is 10.6. The molecule has 0 aliphatic carbocycles. The molecule has 3 nitrogen and oxygen atoms in total. The highest BCUT2D eigenvalue weighted by molar-refractivity contribution is 5.27. The summed E-state index contributed by atoms with van der Waals surface area (Å²) in [5.41, 5.74) is 0.646. The summed E-state index contributed by atoms with van der Waals surface area (Å²) in [4.78, 5) is 10.2. The molecule has 0 heterocycles. The van der Waals surface area contributed by atoms with Crippen molar-refractivity contribution in [2.45, 2.75) is 6.42 Å². The van der Waals surface area contributed by atoms with E-state index in [1.54, 1.807) is 24.3 Å². The van der Waals surface area contributed by atoms with Gasteiger partial charge >= 0.3 is 6.04 Å². The molecular formula is C10H10NO2. The van der Waals surface area contributed by atoms with Crippen molar-refractivity contribution in [2.24, 2.45) is 0 Å². The van der Waals surface area contributed by atoms with Crippen LogP contribution in [0.3, 0.4) is 0 Å². The minimum Gasteiger partial charge on any atom is -0.263 e. The first-order chi connectivity index (χ1) is 6.25. The van der Waals surface area contributed by atoms with Crippen molar-refractivity contribution < 1.29 is 4.92 Å². The van der Waals surface area contributed by atoms with Crippen LogP contribution in [-0.2, 0) is 0 Å². The summed E-state index contributed by atoms with van der Waals surface area (Å²) < 4.78 is 0. The molecule has 3 heteroatoms. The van der Waals surface area contributed by atoms with Crippen molar-refractivity contribution in [1.82, 2.24) is 0 Å². The molecular weight excluding hydrogens is 166 g/mol. The van der Waals surface area contributed by atoms with Crippen LogP contribution < -0.4 is 0 Å². The number of nitro groups is 1. The van der Waals surface area contributed by atoms with Crippen LogP contribution in [0.2, 0.25) is 0 Å². The molecule has 1 radical (unpaired) electrons. The van der Waals surface area contributed by atoms with E-state index in [0.29, 0.717) is 5.56 Å². The minimum atomic E-state index is -0.364. The van der Waals surface area contributed by atoms with Crippen LogP contribution in [0, 0.1) is 16.2 Å². The SMILES string of the molecule is C=CC[C](c1ccccc1)[N+](=O)[O-]. The zero-order valence-corrected chi connectivity index (χ0v) is 7.14. The summed E-state index contributed by atoms with van der Waals surface area (Å²) in [5, 5.41) is 10.6. The Kier molecular flexibility index (Phi) is 3.20. The van der Waals surface area contributed by atoms with Gasteiger partial charge < -0.3 is 0 Å². The maximum atomic E-state index is 10.6. The van der Waals surface area contributed by atoms with Gasteiger partial charge in [-0.1, -0.05) is 36.4 Å². The number of hydrogen-bond acceptors (Lipinski definition) is 2. The van der Waals surface area contributed by atoms with Crippen LogP contribution in [0.15, 0.2) is 43.0 Å². The second-order valence-electron chi connectivity index (χ2n) is 2.56. The Morgan fingerprint density at radius 3 is 2.54 bits per heavy atom. The summed E-state index contributed by atoms with van der Waals surface area (Å²) in [6.07, 6.45) is 1.82. The standard InChI is InChI=1S/C10H10NO2/c1-2-6-10(11(12)13)9-7-4-3-5-8-9/h2-5,7-8H,1,6H2. The highest BCUT2D eigenvalue weighted by Gasteiger charge is 2.23. The summed E-state index contributed by atoms with van der Waals surface area (Å²) in [7, 11) is 0. The van der Waals surface area contributed by atoms with Crippen LogP contribution in [-0.4, -0.2) is 4.92 Å². The van der Waals surface area contributed by atoms with E-state index >= 15 is 0 Å². The predicted molar refractivity (Wildman–Crippen MR) is 50.6 cm³/mol. The third kappa shape index (κ3) is 2.40. The quantitative estimate of drug-likeness (QED) is 0.401. The van der Waals surface area contributed by atoms with E-state index in [0.717, 1.165) is 0 Å². The zero-order chi connectivity index (χ0) is 9.68. The van der Waals surface area contributed by atoms with Gasteiger partial charge in [0.05, 0.1) is 0 Å². The molecule has 0 N–H and O–H groups in total. The van der Waals surface area contributed by atoms with Gasteiger partial charge in [0, 0.05) is 16.9 Å². The molecule has 0 unspecified atom stereocenters. The number of benzene rings is 1. The van der Waals surface area contributed by atoms with E-state index in [-0.39, 0.29) is 17.4 Å². The Morgan fingerprint density at radius 2 is 2.08 bits per heavy atom. The van der Waals surface area contributed by atoms with E-state index in [2.05, 4.69) is 6.58 Å². The Bertz CT molecular complexity index is 295. The Hall–Kier alpha value is -1.64. The second-order valence-corrected chi connectivity index (χ2v) is 2.56. The second kappa shape index (κ2) is 4.40. The lowest BCUT2D eigenvalue weighted by molar-refractivity contribution is -0.459. The molecule has 1 aromatic carbocycles. The average Bonchev–Trinajstić information content (AvgIpc) is 2.15. The van der Waals surface area contributed by atoms with Crippen molar-refractivity contribution in [3.8, 4) is 0 Å². The molecule has 0 fully saturated rings. The monoisotopic (exact) mass is 176 g/mol. The fourth-order valence-corrected chi connectivity index (χ4v) is 1.07. The molecule has 0 atom stereocenters. The van der Waals surface area contributed by atoms with Crippen molar-refractivity contribution in [2.75, 3.05) is 0 Å². The molecule has 0 saturated heterocycles. The first kappa shape index (κ1) is 9.45. The fraction of sp³-hybridized carbons (Fsp3) is 0.100. The summed E-state index contributed by atoms with van der Waals surface area (Å²) in [5.74, 6) is 0. The third-order valence-electron chi connectivity index (χ3n) is 1.67. The maximum Gasteiger partial charge on any atom is 0.323 e. The van der Waals surface area contributed by atoms with Crippen molar-refractivity contribution in [3.63, 3.8) is 0 Å². The molecule has 1 aromatic rings. The Morgan fingerprint density at radius 1 is 1.46 bits per heavy atom. The molecule has 0 amide bonds. The molecule has 0 aliphatic heterocycles. The summed E-state index contributed by atoms with van der Waals surface area (Å²) in [6, 6.07) is 9.03. The van der Waals surface area contributed by atoms with Gasteiger partial charge in [-0.2, -0.15) is 0 Å². The lowest BCUT2D eigenvalue weighted by Gasteiger charge is -2.03. The average molecular weight is 176 g/mol. The van der Waals surface area contributed by atoms with Crippen molar-refractivity contribution in [3.05, 3.63) is 64.7 Å². The van der Waals surface area contributed by atoms with E-state index in [1.807, 2.05) is 6.07 Å². The van der Waals surface area contributed by atoms with Gasteiger partial charge in [0.2, 0.25) is 0 Å². The molecule has 0 aromatic heterocycles. The molecule has 67 valence electrons. The minimum absolute atomic E-state index is 0.190. The summed E-state index contributed by atoms with van der Waals surface area (Å²) in [6.45, 7) is 3.48. The molecule has 13 heavy (non-hydrogen) atoms. The van der Waals surface area contributed by atoms with E-state index in [1.165, 1.54) is 6.08 Å². The highest BCUT2D eigenvalue weighted by Crippen LogP contribution is 2.18. The lowest BCUT2D eigenvalue weighted by atomic mass is 10.1. The largest absolute Gasteiger partial charge is 0.323 e. The van der Waals surface area contributed by atoms with Gasteiger partial charge in [0.1, 0.15) is 0 Å². The van der Waals surface area contributed by atoms with Gasteiger partial charge in [-0.3, -0.25) is 10.1 Å². The van der Waals surface area contributed by atoms with Gasteiger partial charge in [-0.15, -0.1) is 6.58 Å². The fourth-order valence-electron chi connectivity index (χ4n) is 1.07. The Labute approximate surface area is 76.9 Å². The zero-order valence-electron chi connectivity index (χ0n) is 7.14. The van der Waals surface area contributed by atoms with Gasteiger partial charge in [0.25, 0.3) is 0 Å². The van der Waals surface area contributed by atoms with Gasteiger partial charge in [0.15, 0.2) is 0 Å². The topological polar surface area (TPSA) is 43.1 Å². The smallest absolute Gasteiger partial charge is 0.263 e. The summed E-state index contributed by atoms with van der Waals surface area (Å²) >= 11 is 0.